The maximum absolute atomic E-state index is 5.39. The summed E-state index contributed by atoms with van der Waals surface area (Å²) < 4.78 is 5.39. The van der Waals surface area contributed by atoms with E-state index >= 15 is 0 Å². The van der Waals surface area contributed by atoms with Crippen LogP contribution in [0.4, 0.5) is 17.5 Å². The average Bonchev–Trinajstić information content (AvgIpc) is 3.45. The molecule has 3 aliphatic rings. The fourth-order valence-electron chi connectivity index (χ4n) is 4.55. The molecule has 0 amide bonds. The molecule has 0 atom stereocenters. The van der Waals surface area contributed by atoms with Crippen LogP contribution in [0, 0.1) is 0 Å². The first kappa shape index (κ1) is 18.3. The Morgan fingerprint density at radius 3 is 2.87 bits per heavy atom. The van der Waals surface area contributed by atoms with Crippen LogP contribution in [0.5, 0.6) is 5.75 Å². The van der Waals surface area contributed by atoms with Crippen molar-refractivity contribution in [2.24, 2.45) is 4.99 Å². The lowest BCUT2D eigenvalue weighted by Crippen LogP contribution is -2.28. The van der Waals surface area contributed by atoms with E-state index in [1.807, 2.05) is 12.3 Å². The predicted molar refractivity (Wildman–Crippen MR) is 121 cm³/mol. The van der Waals surface area contributed by atoms with Crippen molar-refractivity contribution in [1.29, 1.82) is 0 Å². The maximum Gasteiger partial charge on any atom is 0.228 e. The summed E-state index contributed by atoms with van der Waals surface area (Å²) in [7, 11) is 1.71. The second kappa shape index (κ2) is 7.35. The number of nitrogens with zero attached hydrogens (tertiary/aromatic N) is 4. The molecule has 0 spiro atoms. The van der Waals surface area contributed by atoms with E-state index in [2.05, 4.69) is 50.9 Å². The Hall–Kier alpha value is -3.45. The monoisotopic (exact) mass is 412 g/mol. The summed E-state index contributed by atoms with van der Waals surface area (Å²) in [6, 6.07) is 12.7. The third-order valence-electron chi connectivity index (χ3n) is 6.24. The lowest BCUT2D eigenvalue weighted by molar-refractivity contribution is 0.414. The van der Waals surface area contributed by atoms with Gasteiger partial charge in [0.2, 0.25) is 5.95 Å². The number of aliphatic imine (C=N–C) groups is 1. The van der Waals surface area contributed by atoms with Gasteiger partial charge in [-0.25, -0.2) is 4.98 Å². The summed E-state index contributed by atoms with van der Waals surface area (Å²) in [5.41, 5.74) is 8.33. The van der Waals surface area contributed by atoms with E-state index in [9.17, 15) is 0 Å². The normalized spacial score (nSPS) is 16.1. The van der Waals surface area contributed by atoms with Gasteiger partial charge in [0, 0.05) is 37.1 Å². The topological polar surface area (TPSA) is 74.7 Å². The molecule has 0 radical (unpaired) electrons. The van der Waals surface area contributed by atoms with Crippen molar-refractivity contribution >= 4 is 23.7 Å². The lowest BCUT2D eigenvalue weighted by Gasteiger charge is -2.24. The zero-order valence-electron chi connectivity index (χ0n) is 17.5. The van der Waals surface area contributed by atoms with E-state index in [0.29, 0.717) is 0 Å². The molecular weight excluding hydrogens is 388 g/mol. The number of methoxy groups -OCH3 is 1. The van der Waals surface area contributed by atoms with E-state index in [1.54, 1.807) is 7.11 Å². The predicted octanol–water partition coefficient (Wildman–Crippen LogP) is 3.33. The minimum atomic E-state index is 0.767. The van der Waals surface area contributed by atoms with Gasteiger partial charge in [-0.15, -0.1) is 0 Å². The molecule has 2 aromatic carbocycles. The Morgan fingerprint density at radius 2 is 1.94 bits per heavy atom. The number of fused-ring (bicyclic) bond motifs is 3. The fourth-order valence-corrected chi connectivity index (χ4v) is 4.55. The minimum absolute atomic E-state index is 0.767. The van der Waals surface area contributed by atoms with Crippen molar-refractivity contribution in [3.8, 4) is 5.75 Å². The van der Waals surface area contributed by atoms with Gasteiger partial charge in [-0.2, -0.15) is 4.98 Å². The third kappa shape index (κ3) is 3.31. The van der Waals surface area contributed by atoms with Crippen molar-refractivity contribution in [3.63, 3.8) is 0 Å². The molecule has 0 aliphatic carbocycles. The number of anilines is 3. The molecule has 6 rings (SSSR count). The van der Waals surface area contributed by atoms with E-state index in [-0.39, 0.29) is 0 Å². The SMILES string of the molecule is COc1ccc2c(c1)CN(c1nc3c(c(Nc4ccc5c(c4)C=NC5)n1)CCNC3)C2. The van der Waals surface area contributed by atoms with Gasteiger partial charge in [0.1, 0.15) is 11.6 Å². The standard InChI is InChI=1S/C24H24N6O/c1-31-20-5-3-16-13-30(14-18(16)9-20)24-28-22-12-25-7-6-21(22)23(29-24)27-19-4-2-15-10-26-11-17(15)8-19/h2-5,8-9,11,25H,6-7,10,12-14H2,1H3,(H,27,28,29). The zero-order valence-corrected chi connectivity index (χ0v) is 17.5. The number of hydrogen-bond donors (Lipinski definition) is 2. The third-order valence-corrected chi connectivity index (χ3v) is 6.24. The van der Waals surface area contributed by atoms with Gasteiger partial charge in [-0.1, -0.05) is 12.1 Å². The van der Waals surface area contributed by atoms with E-state index in [4.69, 9.17) is 14.7 Å². The van der Waals surface area contributed by atoms with Crippen LogP contribution in [0.3, 0.4) is 0 Å². The molecule has 0 unspecified atom stereocenters. The number of ether oxygens (including phenoxy) is 1. The highest BCUT2D eigenvalue weighted by atomic mass is 16.5. The van der Waals surface area contributed by atoms with Crippen molar-refractivity contribution in [1.82, 2.24) is 15.3 Å². The number of nitrogens with one attached hydrogen (secondary N) is 2. The van der Waals surface area contributed by atoms with Gasteiger partial charge in [-0.3, -0.25) is 4.99 Å². The lowest BCUT2D eigenvalue weighted by atomic mass is 10.1. The second-order valence-corrected chi connectivity index (χ2v) is 8.22. The number of rotatable bonds is 4. The zero-order chi connectivity index (χ0) is 20.8. The summed E-state index contributed by atoms with van der Waals surface area (Å²) in [5.74, 6) is 2.56. The Kier molecular flexibility index (Phi) is 4.35. The van der Waals surface area contributed by atoms with E-state index in [0.717, 1.165) is 68.0 Å². The fraction of sp³-hybridized carbons (Fsp3) is 0.292. The van der Waals surface area contributed by atoms with Crippen LogP contribution in [0.25, 0.3) is 0 Å². The van der Waals surface area contributed by atoms with Crippen molar-refractivity contribution in [2.75, 3.05) is 23.9 Å². The first-order chi connectivity index (χ1) is 15.3. The van der Waals surface area contributed by atoms with Crippen molar-refractivity contribution in [3.05, 3.63) is 69.9 Å². The maximum atomic E-state index is 5.39. The van der Waals surface area contributed by atoms with Crippen LogP contribution in [0.15, 0.2) is 41.4 Å². The molecule has 156 valence electrons. The van der Waals surface area contributed by atoms with Crippen LogP contribution in [0.2, 0.25) is 0 Å². The van der Waals surface area contributed by atoms with Crippen LogP contribution < -0.4 is 20.3 Å². The van der Waals surface area contributed by atoms with Crippen LogP contribution in [-0.4, -0.2) is 29.8 Å². The second-order valence-electron chi connectivity index (χ2n) is 8.22. The van der Waals surface area contributed by atoms with E-state index < -0.39 is 0 Å². The summed E-state index contributed by atoms with van der Waals surface area (Å²) >= 11 is 0. The highest BCUT2D eigenvalue weighted by Crippen LogP contribution is 2.32. The van der Waals surface area contributed by atoms with Crippen LogP contribution >= 0.6 is 0 Å². The average molecular weight is 412 g/mol. The van der Waals surface area contributed by atoms with Crippen molar-refractivity contribution < 1.29 is 4.74 Å². The Labute approximate surface area is 181 Å². The number of hydrogen-bond acceptors (Lipinski definition) is 7. The quantitative estimate of drug-likeness (QED) is 0.685. The number of benzene rings is 2. The number of aromatic nitrogens is 2. The molecule has 31 heavy (non-hydrogen) atoms. The van der Waals surface area contributed by atoms with Crippen LogP contribution in [0.1, 0.15) is 33.5 Å². The van der Waals surface area contributed by atoms with Gasteiger partial charge in [0.15, 0.2) is 0 Å². The summed E-state index contributed by atoms with van der Waals surface area (Å²) in [4.78, 5) is 16.5. The molecule has 3 aliphatic heterocycles. The van der Waals surface area contributed by atoms with Gasteiger partial charge in [0.05, 0.1) is 19.3 Å². The summed E-state index contributed by atoms with van der Waals surface area (Å²) in [5, 5.41) is 7.02. The van der Waals surface area contributed by atoms with Crippen molar-refractivity contribution in [2.45, 2.75) is 32.6 Å². The minimum Gasteiger partial charge on any atom is -0.497 e. The first-order valence-electron chi connectivity index (χ1n) is 10.7. The first-order valence-corrected chi connectivity index (χ1v) is 10.7. The Balaban J connectivity index is 1.34. The molecule has 7 heteroatoms. The molecule has 0 saturated heterocycles. The molecule has 4 heterocycles. The molecule has 7 nitrogen and oxygen atoms in total. The largest absolute Gasteiger partial charge is 0.497 e. The molecule has 1 aromatic heterocycles. The van der Waals surface area contributed by atoms with Gasteiger partial charge >= 0.3 is 0 Å². The Morgan fingerprint density at radius 1 is 1.03 bits per heavy atom. The highest BCUT2D eigenvalue weighted by Gasteiger charge is 2.25. The van der Waals surface area contributed by atoms with E-state index in [1.165, 1.54) is 27.8 Å². The Bertz CT molecular complexity index is 1200. The highest BCUT2D eigenvalue weighted by molar-refractivity contribution is 5.86. The summed E-state index contributed by atoms with van der Waals surface area (Å²) in [6.07, 6.45) is 2.86. The van der Waals surface area contributed by atoms with Gasteiger partial charge in [-0.05, 0) is 59.5 Å². The van der Waals surface area contributed by atoms with Crippen LogP contribution in [-0.2, 0) is 32.6 Å². The molecular formula is C24H24N6O. The molecule has 0 fully saturated rings. The van der Waals surface area contributed by atoms with Gasteiger partial charge in [0.25, 0.3) is 0 Å². The smallest absolute Gasteiger partial charge is 0.228 e. The molecule has 2 N–H and O–H groups in total. The molecule has 0 bridgehead atoms. The summed E-state index contributed by atoms with van der Waals surface area (Å²) in [6.45, 7) is 4.07. The van der Waals surface area contributed by atoms with Gasteiger partial charge < -0.3 is 20.3 Å². The molecule has 0 saturated carbocycles. The molecule has 3 aromatic rings.